The van der Waals surface area contributed by atoms with Crippen molar-refractivity contribution in [1.29, 1.82) is 0 Å². The first-order valence-corrected chi connectivity index (χ1v) is 4.46. The van der Waals surface area contributed by atoms with Gasteiger partial charge in [0.25, 0.3) is 0 Å². The SMILES string of the molecule is COC1NCCc2ccc(N)cc21. The van der Waals surface area contributed by atoms with Gasteiger partial charge in [-0.25, -0.2) is 0 Å². The molecule has 0 radical (unpaired) electrons. The van der Waals surface area contributed by atoms with Gasteiger partial charge in [-0.05, 0) is 24.1 Å². The van der Waals surface area contributed by atoms with Gasteiger partial charge in [0, 0.05) is 24.9 Å². The van der Waals surface area contributed by atoms with E-state index in [4.69, 9.17) is 10.5 Å². The van der Waals surface area contributed by atoms with Gasteiger partial charge < -0.3 is 10.5 Å². The summed E-state index contributed by atoms with van der Waals surface area (Å²) < 4.78 is 5.31. The highest BCUT2D eigenvalue weighted by molar-refractivity contribution is 5.46. The Morgan fingerprint density at radius 1 is 1.54 bits per heavy atom. The van der Waals surface area contributed by atoms with E-state index >= 15 is 0 Å². The van der Waals surface area contributed by atoms with E-state index in [0.29, 0.717) is 0 Å². The van der Waals surface area contributed by atoms with Gasteiger partial charge in [-0.2, -0.15) is 0 Å². The average molecular weight is 178 g/mol. The third-order valence-corrected chi connectivity index (χ3v) is 2.41. The lowest BCUT2D eigenvalue weighted by Gasteiger charge is -2.25. The lowest BCUT2D eigenvalue weighted by molar-refractivity contribution is 0.0686. The number of nitrogens with two attached hydrogens (primary N) is 1. The van der Waals surface area contributed by atoms with Crippen molar-refractivity contribution in [1.82, 2.24) is 5.32 Å². The molecule has 1 aliphatic heterocycles. The molecule has 3 N–H and O–H groups in total. The zero-order valence-corrected chi connectivity index (χ0v) is 7.71. The van der Waals surface area contributed by atoms with Crippen molar-refractivity contribution in [3.8, 4) is 0 Å². The largest absolute Gasteiger partial charge is 0.399 e. The van der Waals surface area contributed by atoms with Crippen LogP contribution in [0.15, 0.2) is 18.2 Å². The maximum atomic E-state index is 5.72. The molecule has 1 aromatic carbocycles. The van der Waals surface area contributed by atoms with Gasteiger partial charge in [0.1, 0.15) is 6.23 Å². The van der Waals surface area contributed by atoms with Crippen molar-refractivity contribution >= 4 is 5.69 Å². The molecule has 0 amide bonds. The number of fused-ring (bicyclic) bond motifs is 1. The highest BCUT2D eigenvalue weighted by atomic mass is 16.5. The zero-order chi connectivity index (χ0) is 9.26. The molecule has 0 aliphatic carbocycles. The van der Waals surface area contributed by atoms with E-state index in [1.165, 1.54) is 11.1 Å². The van der Waals surface area contributed by atoms with E-state index in [0.717, 1.165) is 18.7 Å². The predicted molar refractivity (Wildman–Crippen MR) is 52.3 cm³/mol. The minimum atomic E-state index is 0.00671. The van der Waals surface area contributed by atoms with Crippen LogP contribution >= 0.6 is 0 Å². The van der Waals surface area contributed by atoms with Crippen molar-refractivity contribution in [3.05, 3.63) is 29.3 Å². The molecule has 70 valence electrons. The fourth-order valence-corrected chi connectivity index (χ4v) is 1.74. The highest BCUT2D eigenvalue weighted by Crippen LogP contribution is 2.24. The first kappa shape index (κ1) is 8.53. The number of ether oxygens (including phenoxy) is 1. The van der Waals surface area contributed by atoms with Crippen LogP contribution in [0.4, 0.5) is 5.69 Å². The minimum absolute atomic E-state index is 0.00671. The molecule has 0 aromatic heterocycles. The fraction of sp³-hybridized carbons (Fsp3) is 0.400. The van der Waals surface area contributed by atoms with E-state index in [2.05, 4.69) is 11.4 Å². The van der Waals surface area contributed by atoms with Crippen molar-refractivity contribution in [2.75, 3.05) is 19.4 Å². The summed E-state index contributed by atoms with van der Waals surface area (Å²) in [4.78, 5) is 0. The average Bonchev–Trinajstić information content (AvgIpc) is 2.17. The summed E-state index contributed by atoms with van der Waals surface area (Å²) in [5.74, 6) is 0. The Bertz CT molecular complexity index is 312. The third kappa shape index (κ3) is 1.53. The number of nitrogen functional groups attached to an aromatic ring is 1. The summed E-state index contributed by atoms with van der Waals surface area (Å²) in [5.41, 5.74) is 9.02. The molecule has 3 heteroatoms. The Kier molecular flexibility index (Phi) is 2.20. The Hall–Kier alpha value is -1.06. The van der Waals surface area contributed by atoms with E-state index in [9.17, 15) is 0 Å². The van der Waals surface area contributed by atoms with Crippen LogP contribution in [0.2, 0.25) is 0 Å². The summed E-state index contributed by atoms with van der Waals surface area (Å²) in [7, 11) is 1.70. The van der Waals surface area contributed by atoms with Gasteiger partial charge in [-0.3, -0.25) is 5.32 Å². The van der Waals surface area contributed by atoms with Gasteiger partial charge in [0.2, 0.25) is 0 Å². The molecule has 2 rings (SSSR count). The molecule has 0 saturated carbocycles. The van der Waals surface area contributed by atoms with E-state index in [1.807, 2.05) is 12.1 Å². The third-order valence-electron chi connectivity index (χ3n) is 2.41. The normalized spacial score (nSPS) is 21.2. The van der Waals surface area contributed by atoms with Gasteiger partial charge in [0.15, 0.2) is 0 Å². The Labute approximate surface area is 77.9 Å². The van der Waals surface area contributed by atoms with Gasteiger partial charge in [-0.15, -0.1) is 0 Å². The van der Waals surface area contributed by atoms with Crippen LogP contribution in [0, 0.1) is 0 Å². The number of anilines is 1. The second-order valence-electron chi connectivity index (χ2n) is 3.28. The monoisotopic (exact) mass is 178 g/mol. The molecule has 1 atom stereocenters. The molecule has 0 saturated heterocycles. The number of benzene rings is 1. The second-order valence-corrected chi connectivity index (χ2v) is 3.28. The summed E-state index contributed by atoms with van der Waals surface area (Å²) >= 11 is 0. The van der Waals surface area contributed by atoms with Crippen LogP contribution in [0.3, 0.4) is 0 Å². The lowest BCUT2D eigenvalue weighted by atomic mass is 9.99. The lowest BCUT2D eigenvalue weighted by Crippen LogP contribution is -2.30. The van der Waals surface area contributed by atoms with Gasteiger partial charge in [-0.1, -0.05) is 6.07 Å². The first-order valence-electron chi connectivity index (χ1n) is 4.46. The minimum Gasteiger partial charge on any atom is -0.399 e. The number of hydrogen-bond donors (Lipinski definition) is 2. The molecule has 0 spiro atoms. The molecule has 0 bridgehead atoms. The highest BCUT2D eigenvalue weighted by Gasteiger charge is 2.18. The van der Waals surface area contributed by atoms with E-state index in [-0.39, 0.29) is 6.23 Å². The number of hydrogen-bond acceptors (Lipinski definition) is 3. The Morgan fingerprint density at radius 3 is 3.15 bits per heavy atom. The second kappa shape index (κ2) is 3.36. The zero-order valence-electron chi connectivity index (χ0n) is 7.71. The van der Waals surface area contributed by atoms with Gasteiger partial charge >= 0.3 is 0 Å². The maximum Gasteiger partial charge on any atom is 0.134 e. The summed E-state index contributed by atoms with van der Waals surface area (Å²) in [6.07, 6.45) is 1.06. The molecule has 1 aromatic rings. The number of methoxy groups -OCH3 is 1. The quantitative estimate of drug-likeness (QED) is 0.632. The Morgan fingerprint density at radius 2 is 2.38 bits per heavy atom. The van der Waals surface area contributed by atoms with E-state index < -0.39 is 0 Å². The standard InChI is InChI=1S/C10H14N2O/c1-13-10-9-6-8(11)3-2-7(9)4-5-12-10/h2-3,6,10,12H,4-5,11H2,1H3. The number of nitrogens with one attached hydrogen (secondary N) is 1. The summed E-state index contributed by atoms with van der Waals surface area (Å²) in [6.45, 7) is 0.968. The molecule has 1 aliphatic rings. The smallest absolute Gasteiger partial charge is 0.134 e. The molecule has 1 heterocycles. The van der Waals surface area contributed by atoms with E-state index in [1.54, 1.807) is 7.11 Å². The first-order chi connectivity index (χ1) is 6.31. The summed E-state index contributed by atoms with van der Waals surface area (Å²) in [6, 6.07) is 6.00. The maximum absolute atomic E-state index is 5.72. The summed E-state index contributed by atoms with van der Waals surface area (Å²) in [5, 5.41) is 3.27. The van der Waals surface area contributed by atoms with Crippen molar-refractivity contribution in [3.63, 3.8) is 0 Å². The van der Waals surface area contributed by atoms with Crippen LogP contribution in [-0.2, 0) is 11.2 Å². The molecule has 0 fully saturated rings. The van der Waals surface area contributed by atoms with Crippen LogP contribution in [-0.4, -0.2) is 13.7 Å². The van der Waals surface area contributed by atoms with Crippen LogP contribution in [0.1, 0.15) is 17.4 Å². The van der Waals surface area contributed by atoms with Crippen LogP contribution in [0.5, 0.6) is 0 Å². The molecular weight excluding hydrogens is 164 g/mol. The molecule has 3 nitrogen and oxygen atoms in total. The van der Waals surface area contributed by atoms with Gasteiger partial charge in [0.05, 0.1) is 0 Å². The Balaban J connectivity index is 2.41. The van der Waals surface area contributed by atoms with Crippen LogP contribution < -0.4 is 11.1 Å². The van der Waals surface area contributed by atoms with Crippen molar-refractivity contribution < 1.29 is 4.74 Å². The molecular formula is C10H14N2O. The van der Waals surface area contributed by atoms with Crippen molar-refractivity contribution in [2.45, 2.75) is 12.6 Å². The number of rotatable bonds is 1. The predicted octanol–water partition coefficient (Wildman–Crippen LogP) is 1.06. The van der Waals surface area contributed by atoms with Crippen LogP contribution in [0.25, 0.3) is 0 Å². The fourth-order valence-electron chi connectivity index (χ4n) is 1.74. The molecule has 1 unspecified atom stereocenters. The van der Waals surface area contributed by atoms with Crippen molar-refractivity contribution in [2.24, 2.45) is 0 Å². The molecule has 13 heavy (non-hydrogen) atoms. The topological polar surface area (TPSA) is 47.3 Å².